The first-order valence-electron chi connectivity index (χ1n) is 4.80. The minimum Gasteiger partial charge on any atom is -0.338 e. The average Bonchev–Trinajstić information content (AvgIpc) is 2.34. The molecule has 94 valence electrons. The fourth-order valence-corrected chi connectivity index (χ4v) is 1.85. The number of benzene rings is 1. The zero-order valence-electron chi connectivity index (χ0n) is 8.92. The molecule has 0 unspecified atom stereocenters. The van der Waals surface area contributed by atoms with E-state index in [2.05, 4.69) is 20.7 Å². The predicted octanol–water partition coefficient (Wildman–Crippen LogP) is 2.95. The number of anilines is 3. The third-order valence-electron chi connectivity index (χ3n) is 2.07. The average molecular weight is 288 g/mol. The second-order valence-corrected chi connectivity index (χ2v) is 4.12. The smallest absolute Gasteiger partial charge is 0.145 e. The van der Waals surface area contributed by atoms with Crippen molar-refractivity contribution in [3.8, 4) is 0 Å². The Labute approximate surface area is 112 Å². The van der Waals surface area contributed by atoms with Gasteiger partial charge in [0.05, 0.1) is 15.7 Å². The topological polar surface area (TPSA) is 75.9 Å². The summed E-state index contributed by atoms with van der Waals surface area (Å²) in [6, 6.07) is 3.86. The van der Waals surface area contributed by atoms with Crippen molar-refractivity contribution in [2.75, 3.05) is 10.7 Å². The normalized spacial score (nSPS) is 10.2. The van der Waals surface area contributed by atoms with Crippen LogP contribution in [0.5, 0.6) is 0 Å². The highest BCUT2D eigenvalue weighted by Gasteiger charge is 2.09. The Hall–Kier alpha value is -1.63. The molecule has 0 spiro atoms. The van der Waals surface area contributed by atoms with E-state index in [1.165, 1.54) is 6.33 Å². The number of hydrazine groups is 1. The van der Waals surface area contributed by atoms with E-state index in [0.29, 0.717) is 17.3 Å². The molecule has 0 aliphatic rings. The molecule has 18 heavy (non-hydrogen) atoms. The highest BCUT2D eigenvalue weighted by Crippen LogP contribution is 2.33. The summed E-state index contributed by atoms with van der Waals surface area (Å²) >= 11 is 11.8. The lowest BCUT2D eigenvalue weighted by Gasteiger charge is -2.10. The molecule has 2 rings (SSSR count). The molecule has 0 aliphatic carbocycles. The van der Waals surface area contributed by atoms with E-state index in [0.717, 1.165) is 12.1 Å². The Morgan fingerprint density at radius 2 is 1.67 bits per heavy atom. The van der Waals surface area contributed by atoms with Crippen LogP contribution in [0, 0.1) is 5.82 Å². The number of rotatable bonds is 3. The number of nitrogens with zero attached hydrogens (tertiary/aromatic N) is 2. The molecule has 8 heteroatoms. The minimum absolute atomic E-state index is 0.154. The molecule has 1 heterocycles. The van der Waals surface area contributed by atoms with Crippen molar-refractivity contribution in [3.05, 3.63) is 40.4 Å². The Morgan fingerprint density at radius 3 is 2.28 bits per heavy atom. The minimum atomic E-state index is -0.512. The van der Waals surface area contributed by atoms with E-state index in [-0.39, 0.29) is 10.0 Å². The van der Waals surface area contributed by atoms with Crippen molar-refractivity contribution in [1.82, 2.24) is 9.97 Å². The van der Waals surface area contributed by atoms with Crippen LogP contribution in [0.1, 0.15) is 0 Å². The van der Waals surface area contributed by atoms with Crippen LogP contribution in [-0.4, -0.2) is 9.97 Å². The molecule has 0 radical (unpaired) electrons. The van der Waals surface area contributed by atoms with Crippen LogP contribution in [0.3, 0.4) is 0 Å². The maximum atomic E-state index is 13.0. The third kappa shape index (κ3) is 2.79. The van der Waals surface area contributed by atoms with Gasteiger partial charge in [-0.05, 0) is 12.1 Å². The summed E-state index contributed by atoms with van der Waals surface area (Å²) in [5.74, 6) is 5.55. The second kappa shape index (κ2) is 5.34. The van der Waals surface area contributed by atoms with Crippen LogP contribution in [0.2, 0.25) is 10.0 Å². The Bertz CT molecular complexity index is 555. The second-order valence-electron chi connectivity index (χ2n) is 3.30. The van der Waals surface area contributed by atoms with Gasteiger partial charge in [-0.1, -0.05) is 23.2 Å². The van der Waals surface area contributed by atoms with Crippen molar-refractivity contribution in [3.63, 3.8) is 0 Å². The number of nitrogens with one attached hydrogen (secondary N) is 2. The third-order valence-corrected chi connectivity index (χ3v) is 2.67. The van der Waals surface area contributed by atoms with E-state index < -0.39 is 5.82 Å². The number of aromatic nitrogens is 2. The van der Waals surface area contributed by atoms with Gasteiger partial charge in [0.25, 0.3) is 0 Å². The molecule has 4 N–H and O–H groups in total. The standard InChI is InChI=1S/C10H8Cl2FN5/c11-6-1-5(13)2-7(12)10(6)17-8-3-9(18-14)16-4-15-8/h1-4H,14H2,(H2,15,16,17,18). The van der Waals surface area contributed by atoms with Crippen LogP contribution in [0.4, 0.5) is 21.7 Å². The van der Waals surface area contributed by atoms with Gasteiger partial charge in [-0.2, -0.15) is 0 Å². The summed E-state index contributed by atoms with van der Waals surface area (Å²) in [5, 5.41) is 3.17. The first-order chi connectivity index (χ1) is 8.60. The zero-order valence-corrected chi connectivity index (χ0v) is 10.4. The number of hydrogen-bond donors (Lipinski definition) is 3. The van der Waals surface area contributed by atoms with E-state index in [1.807, 2.05) is 0 Å². The van der Waals surface area contributed by atoms with Gasteiger partial charge >= 0.3 is 0 Å². The van der Waals surface area contributed by atoms with Gasteiger partial charge in [0, 0.05) is 6.07 Å². The molecule has 0 fully saturated rings. The molecule has 2 aromatic rings. The lowest BCUT2D eigenvalue weighted by Crippen LogP contribution is -2.09. The molecular weight excluding hydrogens is 280 g/mol. The van der Waals surface area contributed by atoms with Crippen molar-refractivity contribution in [2.45, 2.75) is 0 Å². The molecule has 0 saturated heterocycles. The Morgan fingerprint density at radius 1 is 1.06 bits per heavy atom. The fourth-order valence-electron chi connectivity index (χ4n) is 1.29. The van der Waals surface area contributed by atoms with Gasteiger partial charge in [0.1, 0.15) is 23.8 Å². The molecule has 1 aromatic heterocycles. The highest BCUT2D eigenvalue weighted by atomic mass is 35.5. The summed E-state index contributed by atoms with van der Waals surface area (Å²) < 4.78 is 13.0. The number of hydrogen-bond acceptors (Lipinski definition) is 5. The summed E-state index contributed by atoms with van der Waals surface area (Å²) in [5.41, 5.74) is 2.74. The van der Waals surface area contributed by atoms with Gasteiger partial charge in [0.15, 0.2) is 0 Å². The largest absolute Gasteiger partial charge is 0.338 e. The van der Waals surface area contributed by atoms with Gasteiger partial charge in [-0.25, -0.2) is 20.2 Å². The van der Waals surface area contributed by atoms with Crippen molar-refractivity contribution >= 4 is 40.5 Å². The predicted molar refractivity (Wildman–Crippen MR) is 69.5 cm³/mol. The quantitative estimate of drug-likeness (QED) is 0.598. The highest BCUT2D eigenvalue weighted by molar-refractivity contribution is 6.39. The number of nitrogen functional groups attached to an aromatic ring is 1. The molecular formula is C10H8Cl2FN5. The molecule has 0 amide bonds. The number of halogens is 3. The first kappa shape index (κ1) is 12.8. The van der Waals surface area contributed by atoms with Crippen molar-refractivity contribution in [2.24, 2.45) is 5.84 Å². The maximum Gasteiger partial charge on any atom is 0.145 e. The van der Waals surface area contributed by atoms with Crippen molar-refractivity contribution < 1.29 is 4.39 Å². The zero-order chi connectivity index (χ0) is 13.1. The van der Waals surface area contributed by atoms with Gasteiger partial charge in [0.2, 0.25) is 0 Å². The molecule has 5 nitrogen and oxygen atoms in total. The lowest BCUT2D eigenvalue weighted by atomic mass is 10.3. The summed E-state index contributed by atoms with van der Waals surface area (Å²) in [6.07, 6.45) is 1.31. The summed E-state index contributed by atoms with van der Waals surface area (Å²) in [6.45, 7) is 0. The van der Waals surface area contributed by atoms with Crippen LogP contribution < -0.4 is 16.6 Å². The Kier molecular flexibility index (Phi) is 3.81. The number of nitrogens with two attached hydrogens (primary N) is 1. The van der Waals surface area contributed by atoms with Gasteiger partial charge in [-0.15, -0.1) is 0 Å². The Balaban J connectivity index is 2.33. The molecule has 1 aromatic carbocycles. The fraction of sp³-hybridized carbons (Fsp3) is 0. The van der Waals surface area contributed by atoms with E-state index in [1.54, 1.807) is 6.07 Å². The molecule has 0 saturated carbocycles. The van der Waals surface area contributed by atoms with Crippen LogP contribution >= 0.6 is 23.2 Å². The first-order valence-corrected chi connectivity index (χ1v) is 5.56. The molecule has 0 atom stereocenters. The molecule has 0 bridgehead atoms. The lowest BCUT2D eigenvalue weighted by molar-refractivity contribution is 0.628. The van der Waals surface area contributed by atoms with Gasteiger partial charge in [-0.3, -0.25) is 0 Å². The maximum absolute atomic E-state index is 13.0. The van der Waals surface area contributed by atoms with Crippen LogP contribution in [0.15, 0.2) is 24.5 Å². The SMILES string of the molecule is NNc1cc(Nc2c(Cl)cc(F)cc2Cl)ncn1. The summed E-state index contributed by atoms with van der Waals surface area (Å²) in [4.78, 5) is 7.80. The van der Waals surface area contributed by atoms with Crippen molar-refractivity contribution in [1.29, 1.82) is 0 Å². The monoisotopic (exact) mass is 287 g/mol. The van der Waals surface area contributed by atoms with E-state index >= 15 is 0 Å². The van der Waals surface area contributed by atoms with Crippen LogP contribution in [0.25, 0.3) is 0 Å². The van der Waals surface area contributed by atoms with Crippen LogP contribution in [-0.2, 0) is 0 Å². The summed E-state index contributed by atoms with van der Waals surface area (Å²) in [7, 11) is 0. The van der Waals surface area contributed by atoms with Gasteiger partial charge < -0.3 is 10.7 Å². The molecule has 0 aliphatic heterocycles. The van der Waals surface area contributed by atoms with E-state index in [9.17, 15) is 4.39 Å². The van der Waals surface area contributed by atoms with E-state index in [4.69, 9.17) is 29.0 Å².